The Morgan fingerprint density at radius 2 is 0.839 bits per heavy atom. The number of ether oxygens (including phenoxy) is 4. The topological polar surface area (TPSA) is 338 Å². The molecule has 0 amide bonds. The third kappa shape index (κ3) is 12.0. The van der Waals surface area contributed by atoms with Crippen LogP contribution in [0, 0.1) is 17.8 Å². The molecule has 28 heteroatoms. The maximum atomic E-state index is 12.4. The van der Waals surface area contributed by atoms with Crippen molar-refractivity contribution in [3.05, 3.63) is 0 Å². The highest BCUT2D eigenvalue weighted by Gasteiger charge is 2.53. The first-order valence-electron chi connectivity index (χ1n) is 17.5. The van der Waals surface area contributed by atoms with E-state index in [1.807, 2.05) is 6.79 Å². The van der Waals surface area contributed by atoms with E-state index in [2.05, 4.69) is 0 Å². The number of aliphatic hydroxyl groups is 3. The molecule has 4 bridgehead atoms. The summed E-state index contributed by atoms with van der Waals surface area (Å²) in [4.78, 5) is 48.1. The molecular weight excluding hydrogens is 844 g/mol. The zero-order valence-corrected chi connectivity index (χ0v) is 34.6. The fourth-order valence-corrected chi connectivity index (χ4v) is 11.1. The van der Waals surface area contributed by atoms with Gasteiger partial charge in [0.25, 0.3) is 0 Å². The van der Waals surface area contributed by atoms with Gasteiger partial charge in [0.1, 0.15) is 55.6 Å². The average molecular weight is 897 g/mol. The van der Waals surface area contributed by atoms with Crippen molar-refractivity contribution in [1.82, 2.24) is 0 Å². The zero-order valence-electron chi connectivity index (χ0n) is 31.0. The Labute approximate surface area is 322 Å². The highest BCUT2D eigenvalue weighted by Crippen LogP contribution is 2.54. The van der Waals surface area contributed by atoms with Gasteiger partial charge in [-0.05, 0) is 27.7 Å². The maximum absolute atomic E-state index is 12.4. The van der Waals surface area contributed by atoms with Crippen LogP contribution in [0.3, 0.4) is 0 Å². The smallest absolute Gasteiger partial charge is 0.396 e. The van der Waals surface area contributed by atoms with Crippen LogP contribution >= 0.6 is 31.3 Å². The van der Waals surface area contributed by atoms with Gasteiger partial charge < -0.3 is 58.6 Å². The van der Waals surface area contributed by atoms with Crippen LogP contribution in [0.25, 0.3) is 0 Å². The normalized spacial score (nSPS) is 52.7. The minimum Gasteiger partial charge on any atom is -0.396 e. The second-order valence-corrected chi connectivity index (χ2v) is 19.5. The molecule has 6 aliphatic heterocycles. The third-order valence-corrected chi connectivity index (χ3v) is 14.1. The van der Waals surface area contributed by atoms with Crippen LogP contribution in [-0.4, -0.2) is 161 Å². The predicted molar refractivity (Wildman–Crippen MR) is 183 cm³/mol. The van der Waals surface area contributed by atoms with Crippen LogP contribution in [0.4, 0.5) is 0 Å². The number of aliphatic hydroxyl groups excluding tert-OH is 3. The van der Waals surface area contributed by atoms with Crippen LogP contribution < -0.4 is 0 Å². The Bertz CT molecular complexity index is 1490. The molecule has 56 heavy (non-hydrogen) atoms. The van der Waals surface area contributed by atoms with Crippen molar-refractivity contribution in [3.8, 4) is 0 Å². The van der Waals surface area contributed by atoms with Crippen molar-refractivity contribution in [2.24, 2.45) is 17.8 Å². The minimum atomic E-state index is -4.60. The van der Waals surface area contributed by atoms with Crippen LogP contribution in [0.1, 0.15) is 34.6 Å². The molecule has 0 spiro atoms. The van der Waals surface area contributed by atoms with E-state index < -0.39 is 156 Å². The van der Waals surface area contributed by atoms with Gasteiger partial charge >= 0.3 is 31.3 Å². The van der Waals surface area contributed by atoms with Gasteiger partial charge in [-0.2, -0.15) is 0 Å². The first-order valence-corrected chi connectivity index (χ1v) is 23.5. The maximum Gasteiger partial charge on any atom is 0.472 e. The summed E-state index contributed by atoms with van der Waals surface area (Å²) in [5, 5.41) is 29.4. The monoisotopic (exact) mass is 896 g/mol. The fourth-order valence-electron chi connectivity index (χ4n) is 7.09. The van der Waals surface area contributed by atoms with Crippen LogP contribution in [-0.2, 0) is 78.2 Å². The van der Waals surface area contributed by atoms with E-state index in [0.29, 0.717) is 0 Å². The number of phosphoric acid groups is 4. The highest BCUT2D eigenvalue weighted by atomic mass is 31.2. The molecule has 20 atom stereocenters. The number of phosphoric ester groups is 4. The third-order valence-electron chi connectivity index (χ3n) is 10.2. The second-order valence-electron chi connectivity index (χ2n) is 13.9. The summed E-state index contributed by atoms with van der Waals surface area (Å²) in [6, 6.07) is 0. The summed E-state index contributed by atoms with van der Waals surface area (Å²) in [7, 11) is -18.2. The Balaban J connectivity index is 0.000000239. The molecule has 24 nitrogen and oxygen atoms in total. The Morgan fingerprint density at radius 3 is 1.36 bits per heavy atom. The van der Waals surface area contributed by atoms with Gasteiger partial charge in [0.15, 0.2) is 0 Å². The van der Waals surface area contributed by atoms with E-state index in [-0.39, 0.29) is 12.0 Å². The van der Waals surface area contributed by atoms with E-state index in [9.17, 15) is 53.2 Å². The summed E-state index contributed by atoms with van der Waals surface area (Å²) in [5.41, 5.74) is 0. The molecule has 0 aliphatic carbocycles. The van der Waals surface area contributed by atoms with Gasteiger partial charge in [0.05, 0.1) is 70.2 Å². The minimum absolute atomic E-state index is 0.296. The Morgan fingerprint density at radius 1 is 0.482 bits per heavy atom. The van der Waals surface area contributed by atoms with Gasteiger partial charge in [-0.15, -0.1) is 0 Å². The summed E-state index contributed by atoms with van der Waals surface area (Å²) in [6.45, 7) is 7.55. The molecule has 6 fully saturated rings. The Kier molecular flexibility index (Phi) is 17.1. The Hall–Kier alpha value is -0.170. The van der Waals surface area contributed by atoms with Crippen molar-refractivity contribution < 1.29 is 113 Å². The van der Waals surface area contributed by atoms with E-state index >= 15 is 0 Å². The first-order chi connectivity index (χ1) is 26.1. The van der Waals surface area contributed by atoms with Gasteiger partial charge in [-0.3, -0.25) is 36.2 Å². The number of fused-ring (bicyclic) bond motifs is 6. The van der Waals surface area contributed by atoms with E-state index in [1.165, 1.54) is 6.92 Å². The lowest BCUT2D eigenvalue weighted by molar-refractivity contribution is -0.0980. The van der Waals surface area contributed by atoms with Gasteiger partial charge in [0, 0.05) is 17.8 Å². The molecule has 0 radical (unpaired) electrons. The molecule has 6 heterocycles. The predicted octanol–water partition coefficient (Wildman–Crippen LogP) is 0.187. The van der Waals surface area contributed by atoms with Crippen molar-refractivity contribution in [3.63, 3.8) is 0 Å². The molecule has 20 unspecified atom stereocenters. The van der Waals surface area contributed by atoms with Crippen LogP contribution in [0.5, 0.6) is 0 Å². The molecule has 0 aromatic carbocycles. The van der Waals surface area contributed by atoms with Gasteiger partial charge in [-0.1, -0.05) is 6.92 Å². The summed E-state index contributed by atoms with van der Waals surface area (Å²) in [6.07, 6.45) is -11.7. The molecular formula is C28H52O24P4. The molecule has 6 rings (SSSR count). The van der Waals surface area contributed by atoms with Crippen molar-refractivity contribution >= 4 is 38.1 Å². The van der Waals surface area contributed by atoms with Crippen LogP contribution in [0.15, 0.2) is 0 Å². The average Bonchev–Trinajstić information content (AvgIpc) is 3.77. The van der Waals surface area contributed by atoms with Crippen LogP contribution in [0.2, 0.25) is 0 Å². The lowest BCUT2D eigenvalue weighted by atomic mass is 9.98. The second kappa shape index (κ2) is 19.7. The lowest BCUT2D eigenvalue weighted by Crippen LogP contribution is -2.35. The molecule has 328 valence electrons. The number of hydrogen-bond acceptors (Lipinski definition) is 20. The fraction of sp³-hybridized carbons (Fsp3) is 0.964. The standard InChI is InChI=1S/C14H26O12P2.C13H24O11P2.CH2O/c1-7-9(3-15)14-12(23-7)6-22-27(17,18)25-13-8(2)24-11(10(13)4-16)5-21-28(19,20)26-14;1-6-7(2)21-10-5-20-26(17,18)24-13-8(3)22-9(11(13)14)4-19-25(15,16)23-12(6)10;1-2/h7-16H,3-6H2,1-2H3,(H,17,18)(H,19,20);6-14H,4-5H2,1-3H3,(H,15,16)(H,17,18);1H2. The summed E-state index contributed by atoms with van der Waals surface area (Å²) in [5.74, 6) is -1.77. The van der Waals surface area contributed by atoms with Crippen molar-refractivity contribution in [2.75, 3.05) is 39.6 Å². The molecule has 0 saturated carbocycles. The molecule has 6 saturated heterocycles. The lowest BCUT2D eigenvalue weighted by Gasteiger charge is -2.25. The van der Waals surface area contributed by atoms with Gasteiger partial charge in [-0.25, -0.2) is 18.3 Å². The van der Waals surface area contributed by atoms with Crippen molar-refractivity contribution in [2.45, 2.75) is 114 Å². The molecule has 6 aliphatic rings. The first kappa shape index (κ1) is 48.5. The molecule has 7 N–H and O–H groups in total. The van der Waals surface area contributed by atoms with E-state index in [4.69, 9.17) is 59.9 Å². The molecule has 0 aromatic heterocycles. The SMILES string of the molecule is C=O.CC1OC2COP(=O)(O)OC3C(C)OC(COP(=O)(O)OC2C1C)C3O.CC1OC2COP(=O)(O)OC3C(C)OC(COP(=O)(O)OC2C1CO)C3CO. The largest absolute Gasteiger partial charge is 0.472 e. The highest BCUT2D eigenvalue weighted by molar-refractivity contribution is 7.48. The quantitative estimate of drug-likeness (QED) is 0.182. The zero-order chi connectivity index (χ0) is 42.0. The van der Waals surface area contributed by atoms with Gasteiger partial charge in [0.2, 0.25) is 0 Å². The van der Waals surface area contributed by atoms with E-state index in [0.717, 1.165) is 0 Å². The number of carbonyl (C=O) groups is 1. The number of hydrogen-bond donors (Lipinski definition) is 7. The van der Waals surface area contributed by atoms with E-state index in [1.54, 1.807) is 27.7 Å². The summed E-state index contributed by atoms with van der Waals surface area (Å²) < 4.78 is 112. The summed E-state index contributed by atoms with van der Waals surface area (Å²) >= 11 is 0. The molecule has 0 aromatic rings. The van der Waals surface area contributed by atoms with Crippen molar-refractivity contribution in [1.29, 1.82) is 0 Å². The number of carbonyl (C=O) groups excluding carboxylic acids is 1. The number of rotatable bonds is 2.